The summed E-state index contributed by atoms with van der Waals surface area (Å²) in [6, 6.07) is 12.4. The van der Waals surface area contributed by atoms with Gasteiger partial charge >= 0.3 is 0 Å². The van der Waals surface area contributed by atoms with E-state index in [2.05, 4.69) is 27.1 Å². The van der Waals surface area contributed by atoms with Crippen LogP contribution in [0.15, 0.2) is 42.5 Å². The van der Waals surface area contributed by atoms with Crippen molar-refractivity contribution in [2.45, 2.75) is 12.8 Å². The third-order valence-corrected chi connectivity index (χ3v) is 8.88. The van der Waals surface area contributed by atoms with Crippen LogP contribution in [0.3, 0.4) is 0 Å². The smallest absolute Gasteiger partial charge is 0.294 e. The fraction of sp³-hybridized carbons (Fsp3) is 0.280. The molecule has 14 heteroatoms. The van der Waals surface area contributed by atoms with E-state index in [-0.39, 0.29) is 36.2 Å². The van der Waals surface area contributed by atoms with Crippen LogP contribution >= 0.6 is 34.5 Å². The minimum absolute atomic E-state index is 0.00670. The summed E-state index contributed by atoms with van der Waals surface area (Å²) in [4.78, 5) is 32.8. The third-order valence-electron chi connectivity index (χ3n) is 5.64. The third kappa shape index (κ3) is 7.90. The molecular formula is C25H22Cl2N4O6S2. The number of amides is 1. The van der Waals surface area contributed by atoms with Crippen LogP contribution in [0.25, 0.3) is 21.7 Å². The number of sulfone groups is 1. The molecule has 204 valence electrons. The zero-order valence-electron chi connectivity index (χ0n) is 20.4. The molecule has 1 amide bonds. The lowest BCUT2D eigenvalue weighted by molar-refractivity contribution is -0.757. The van der Waals surface area contributed by atoms with E-state index in [4.69, 9.17) is 23.2 Å². The molecule has 4 rings (SSSR count). The maximum atomic E-state index is 13.1. The van der Waals surface area contributed by atoms with Gasteiger partial charge in [-0.3, -0.25) is 10.2 Å². The molecule has 0 spiro atoms. The van der Waals surface area contributed by atoms with Crippen molar-refractivity contribution < 1.29 is 23.1 Å². The Bertz CT molecular complexity index is 1530. The number of aromatic nitrogens is 1. The lowest BCUT2D eigenvalue weighted by Gasteiger charge is -2.26. The zero-order valence-corrected chi connectivity index (χ0v) is 23.5. The van der Waals surface area contributed by atoms with Crippen LogP contribution in [-0.4, -0.2) is 60.6 Å². The Balaban J connectivity index is 1.57. The highest BCUT2D eigenvalue weighted by Gasteiger charge is 2.26. The van der Waals surface area contributed by atoms with Gasteiger partial charge in [0.1, 0.15) is 0 Å². The van der Waals surface area contributed by atoms with E-state index in [0.717, 1.165) is 11.1 Å². The molecule has 0 aliphatic carbocycles. The summed E-state index contributed by atoms with van der Waals surface area (Å²) in [5, 5.41) is 12.0. The highest BCUT2D eigenvalue weighted by atomic mass is 35.5. The Morgan fingerprint density at radius 3 is 2.56 bits per heavy atom. The normalized spacial score (nSPS) is 14.7. The van der Waals surface area contributed by atoms with Gasteiger partial charge in [0.05, 0.1) is 33.7 Å². The maximum absolute atomic E-state index is 13.1. The SMILES string of the molecule is O=C(NN1CCS(=O)(=O)CC1)c1nc(-c2ccc(C#CCCCO[N+](=O)[O-])cc2)c(-c2ccc(Cl)cc2Cl)s1. The molecular weight excluding hydrogens is 587 g/mol. The van der Waals surface area contributed by atoms with Crippen LogP contribution in [-0.2, 0) is 14.7 Å². The Kier molecular flexibility index (Phi) is 9.42. The van der Waals surface area contributed by atoms with Crippen molar-refractivity contribution in [3.63, 3.8) is 0 Å². The molecule has 0 bridgehead atoms. The van der Waals surface area contributed by atoms with Gasteiger partial charge in [0.25, 0.3) is 11.0 Å². The lowest BCUT2D eigenvalue weighted by Crippen LogP contribution is -2.50. The van der Waals surface area contributed by atoms with E-state index in [9.17, 15) is 23.3 Å². The summed E-state index contributed by atoms with van der Waals surface area (Å²) in [5.41, 5.74) is 5.45. The Morgan fingerprint density at radius 1 is 1.18 bits per heavy atom. The molecule has 1 aliphatic rings. The van der Waals surface area contributed by atoms with Crippen molar-refractivity contribution in [3.05, 3.63) is 73.2 Å². The van der Waals surface area contributed by atoms with Gasteiger partial charge in [0, 0.05) is 41.2 Å². The zero-order chi connectivity index (χ0) is 28.0. The van der Waals surface area contributed by atoms with Gasteiger partial charge in [0.2, 0.25) is 0 Å². The largest absolute Gasteiger partial charge is 0.314 e. The van der Waals surface area contributed by atoms with E-state index in [1.54, 1.807) is 23.2 Å². The van der Waals surface area contributed by atoms with E-state index < -0.39 is 20.8 Å². The Labute approximate surface area is 238 Å². The first-order valence-corrected chi connectivity index (χ1v) is 15.1. The van der Waals surface area contributed by atoms with Gasteiger partial charge in [-0.25, -0.2) is 18.4 Å². The molecule has 0 unspecified atom stereocenters. The molecule has 0 atom stereocenters. The van der Waals surface area contributed by atoms with Crippen molar-refractivity contribution in [2.24, 2.45) is 0 Å². The first-order chi connectivity index (χ1) is 18.6. The molecule has 2 aromatic carbocycles. The van der Waals surface area contributed by atoms with E-state index in [0.29, 0.717) is 39.0 Å². The van der Waals surface area contributed by atoms with Gasteiger partial charge < -0.3 is 4.84 Å². The van der Waals surface area contributed by atoms with Gasteiger partial charge in [0.15, 0.2) is 14.8 Å². The van der Waals surface area contributed by atoms with Crippen LogP contribution < -0.4 is 5.43 Å². The standard InChI is InChI=1S/C25H22Cl2N4O6S2/c26-19-9-10-20(21(27)16-19)23-22(18-7-5-17(6-8-18)4-2-1-3-13-37-31(33)34)28-25(38-23)24(32)29-30-11-14-39(35,36)15-12-30/h5-10,16H,1,3,11-15H2,(H,29,32). The summed E-state index contributed by atoms with van der Waals surface area (Å²) >= 11 is 13.8. The number of halogens is 2. The molecule has 1 saturated heterocycles. The highest BCUT2D eigenvalue weighted by molar-refractivity contribution is 7.91. The monoisotopic (exact) mass is 608 g/mol. The van der Waals surface area contributed by atoms with Crippen molar-refractivity contribution >= 4 is 50.3 Å². The van der Waals surface area contributed by atoms with Gasteiger partial charge in [-0.1, -0.05) is 53.2 Å². The van der Waals surface area contributed by atoms with Gasteiger partial charge in [-0.15, -0.1) is 21.5 Å². The minimum Gasteiger partial charge on any atom is -0.314 e. The quantitative estimate of drug-likeness (QED) is 0.171. The summed E-state index contributed by atoms with van der Waals surface area (Å²) in [7, 11) is -3.09. The van der Waals surface area contributed by atoms with Crippen LogP contribution in [0.2, 0.25) is 10.0 Å². The fourth-order valence-corrected chi connectivity index (χ4v) is 6.44. The number of benzene rings is 2. The summed E-state index contributed by atoms with van der Waals surface area (Å²) in [5.74, 6) is 5.47. The van der Waals surface area contributed by atoms with Crippen LogP contribution in [0.4, 0.5) is 0 Å². The Hall–Kier alpha value is -3.21. The van der Waals surface area contributed by atoms with E-state index in [1.807, 2.05) is 24.3 Å². The van der Waals surface area contributed by atoms with Crippen molar-refractivity contribution in [1.29, 1.82) is 0 Å². The predicted octanol–water partition coefficient (Wildman–Crippen LogP) is 4.50. The number of nitrogens with zero attached hydrogens (tertiary/aromatic N) is 3. The number of carbonyl (C=O) groups is 1. The Morgan fingerprint density at radius 2 is 1.90 bits per heavy atom. The second-order valence-electron chi connectivity index (χ2n) is 8.44. The molecule has 1 aliphatic heterocycles. The molecule has 0 saturated carbocycles. The molecule has 1 N–H and O–H groups in total. The number of rotatable bonds is 8. The first-order valence-electron chi connectivity index (χ1n) is 11.7. The van der Waals surface area contributed by atoms with Gasteiger partial charge in [-0.05, 0) is 30.7 Å². The molecule has 3 aromatic rings. The number of hydrogen-bond acceptors (Lipinski definition) is 9. The topological polar surface area (TPSA) is 132 Å². The van der Waals surface area contributed by atoms with Crippen LogP contribution in [0, 0.1) is 22.0 Å². The highest BCUT2D eigenvalue weighted by Crippen LogP contribution is 2.41. The van der Waals surface area contributed by atoms with Crippen LogP contribution in [0.1, 0.15) is 28.2 Å². The molecule has 39 heavy (non-hydrogen) atoms. The summed E-state index contributed by atoms with van der Waals surface area (Å²) in [6.07, 6.45) is 0.885. The minimum atomic E-state index is -3.09. The van der Waals surface area contributed by atoms with Crippen molar-refractivity contribution in [1.82, 2.24) is 15.4 Å². The number of hydrazine groups is 1. The molecule has 0 radical (unpaired) electrons. The van der Waals surface area contributed by atoms with Crippen molar-refractivity contribution in [3.8, 4) is 33.5 Å². The molecule has 1 aromatic heterocycles. The summed E-state index contributed by atoms with van der Waals surface area (Å²) < 4.78 is 23.4. The maximum Gasteiger partial charge on any atom is 0.294 e. The number of hydrogen-bond donors (Lipinski definition) is 1. The van der Waals surface area contributed by atoms with Crippen LogP contribution in [0.5, 0.6) is 0 Å². The molecule has 10 nitrogen and oxygen atoms in total. The van der Waals surface area contributed by atoms with E-state index in [1.165, 1.54) is 11.3 Å². The predicted molar refractivity (Wildman–Crippen MR) is 150 cm³/mol. The van der Waals surface area contributed by atoms with Crippen molar-refractivity contribution in [2.75, 3.05) is 31.2 Å². The number of thiazole rings is 1. The van der Waals surface area contributed by atoms with Gasteiger partial charge in [-0.2, -0.15) is 0 Å². The number of unbranched alkanes of at least 4 members (excludes halogenated alkanes) is 1. The lowest BCUT2D eigenvalue weighted by atomic mass is 10.0. The average Bonchev–Trinajstić information content (AvgIpc) is 3.33. The number of carbonyl (C=O) groups excluding carboxylic acids is 1. The second kappa shape index (κ2) is 12.8. The molecule has 1 fully saturated rings. The van der Waals surface area contributed by atoms with E-state index >= 15 is 0 Å². The second-order valence-corrected chi connectivity index (χ2v) is 12.6. The summed E-state index contributed by atoms with van der Waals surface area (Å²) in [6.45, 7) is 0.397. The fourth-order valence-electron chi connectivity index (χ4n) is 3.66. The average molecular weight is 610 g/mol. The molecule has 2 heterocycles. The first kappa shape index (κ1) is 28.8. The number of nitrogens with one attached hydrogen (secondary N) is 1.